The van der Waals surface area contributed by atoms with Crippen molar-refractivity contribution >= 4 is 23.5 Å². The number of carbonyl (C=O) groups is 2. The lowest BCUT2D eigenvalue weighted by atomic mass is 9.93. The number of nitrogens with one attached hydrogen (secondary N) is 2. The van der Waals surface area contributed by atoms with Gasteiger partial charge in [0.25, 0.3) is 0 Å². The van der Waals surface area contributed by atoms with Crippen LogP contribution in [0, 0.1) is 11.8 Å². The van der Waals surface area contributed by atoms with Gasteiger partial charge in [-0.1, -0.05) is 265 Å². The van der Waals surface area contributed by atoms with E-state index in [1.165, 1.54) is 205 Å². The molecule has 0 aliphatic heterocycles. The number of carbonyl (C=O) groups excluding carboxylic acids is 2. The van der Waals surface area contributed by atoms with Gasteiger partial charge in [-0.15, -0.1) is 0 Å². The summed E-state index contributed by atoms with van der Waals surface area (Å²) in [5.74, 6) is 1.35. The fourth-order valence-corrected chi connectivity index (χ4v) is 8.65. The number of hydrogen-bond donors (Lipinski definition) is 2. The van der Waals surface area contributed by atoms with Crippen LogP contribution in [0.15, 0.2) is 18.2 Å². The second kappa shape index (κ2) is 41.8. The van der Waals surface area contributed by atoms with Gasteiger partial charge in [0.05, 0.1) is 0 Å². The molecule has 0 fully saturated rings. The predicted molar refractivity (Wildman–Crippen MR) is 256 cm³/mol. The van der Waals surface area contributed by atoms with Gasteiger partial charge in [-0.25, -0.2) is 4.98 Å². The van der Waals surface area contributed by atoms with Crippen molar-refractivity contribution in [3.8, 4) is 0 Å². The molecule has 1 heterocycles. The van der Waals surface area contributed by atoms with Crippen molar-refractivity contribution in [2.45, 2.75) is 285 Å². The SMILES string of the molecule is CCCCCCCCCCCCC(CCCCCCCCCC)C(=O)Nc1cccc(NC(=O)C(CCCCCCCCCC)CCCCCCCCCCCC)n1. The number of amides is 2. The van der Waals surface area contributed by atoms with Gasteiger partial charge in [0.15, 0.2) is 0 Å². The summed E-state index contributed by atoms with van der Waals surface area (Å²) >= 11 is 0. The molecule has 1 aromatic rings. The first kappa shape index (κ1) is 54.1. The average Bonchev–Trinajstić information content (AvgIpc) is 3.22. The molecule has 0 bridgehead atoms. The quantitative estimate of drug-likeness (QED) is 0.0645. The third-order valence-corrected chi connectivity index (χ3v) is 12.6. The maximum Gasteiger partial charge on any atom is 0.228 e. The van der Waals surface area contributed by atoms with Gasteiger partial charge in [0, 0.05) is 11.8 Å². The van der Waals surface area contributed by atoms with Crippen molar-refractivity contribution in [1.29, 1.82) is 0 Å². The molecule has 0 aromatic carbocycles. The molecule has 1 rings (SSSR count). The lowest BCUT2D eigenvalue weighted by Crippen LogP contribution is -2.25. The van der Waals surface area contributed by atoms with Gasteiger partial charge in [0.2, 0.25) is 11.8 Å². The second-order valence-electron chi connectivity index (χ2n) is 18.2. The minimum absolute atomic E-state index is 0.0197. The van der Waals surface area contributed by atoms with Crippen LogP contribution in [0.4, 0.5) is 11.6 Å². The molecule has 2 amide bonds. The summed E-state index contributed by atoms with van der Waals surface area (Å²) in [7, 11) is 0. The molecule has 0 saturated carbocycles. The molecule has 2 unspecified atom stereocenters. The largest absolute Gasteiger partial charge is 0.310 e. The van der Waals surface area contributed by atoms with E-state index < -0.39 is 0 Å². The Morgan fingerprint density at radius 1 is 0.362 bits per heavy atom. The summed E-state index contributed by atoms with van der Waals surface area (Å²) in [6.07, 6.45) is 50.5. The van der Waals surface area contributed by atoms with Crippen molar-refractivity contribution in [3.63, 3.8) is 0 Å². The Bertz CT molecular complexity index is 967. The van der Waals surface area contributed by atoms with Crippen LogP contribution < -0.4 is 10.6 Å². The van der Waals surface area contributed by atoms with Crippen LogP contribution in [-0.2, 0) is 9.59 Å². The molecule has 5 heteroatoms. The lowest BCUT2D eigenvalue weighted by Gasteiger charge is -2.18. The van der Waals surface area contributed by atoms with E-state index in [9.17, 15) is 9.59 Å². The molecule has 0 saturated heterocycles. The molecule has 0 aliphatic carbocycles. The van der Waals surface area contributed by atoms with Crippen molar-refractivity contribution in [2.75, 3.05) is 10.6 Å². The molecular formula is C53H99N3O2. The van der Waals surface area contributed by atoms with Crippen molar-refractivity contribution < 1.29 is 9.59 Å². The molecule has 0 radical (unpaired) electrons. The van der Waals surface area contributed by atoms with Crippen LogP contribution in [-0.4, -0.2) is 16.8 Å². The van der Waals surface area contributed by atoms with E-state index in [2.05, 4.69) is 38.3 Å². The number of aromatic nitrogens is 1. The van der Waals surface area contributed by atoms with Gasteiger partial charge >= 0.3 is 0 Å². The number of nitrogens with zero attached hydrogens (tertiary/aromatic N) is 1. The van der Waals surface area contributed by atoms with Crippen LogP contribution in [0.2, 0.25) is 0 Å². The minimum atomic E-state index is 0.0197. The van der Waals surface area contributed by atoms with Gasteiger partial charge in [-0.3, -0.25) is 9.59 Å². The first-order chi connectivity index (χ1) is 28.5. The van der Waals surface area contributed by atoms with E-state index in [0.717, 1.165) is 51.4 Å². The van der Waals surface area contributed by atoms with E-state index in [1.807, 2.05) is 18.2 Å². The number of anilines is 2. The molecule has 0 spiro atoms. The smallest absolute Gasteiger partial charge is 0.228 e. The third-order valence-electron chi connectivity index (χ3n) is 12.6. The van der Waals surface area contributed by atoms with E-state index in [-0.39, 0.29) is 23.7 Å². The Kier molecular flexibility index (Phi) is 39.0. The van der Waals surface area contributed by atoms with Crippen LogP contribution in [0.5, 0.6) is 0 Å². The predicted octanol–water partition coefficient (Wildman–Crippen LogP) is 17.9. The zero-order valence-electron chi connectivity index (χ0n) is 39.4. The van der Waals surface area contributed by atoms with Crippen LogP contribution in [0.3, 0.4) is 0 Å². The van der Waals surface area contributed by atoms with Crippen LogP contribution >= 0.6 is 0 Å². The summed E-state index contributed by atoms with van der Waals surface area (Å²) in [4.78, 5) is 32.3. The summed E-state index contributed by atoms with van der Waals surface area (Å²) < 4.78 is 0. The fourth-order valence-electron chi connectivity index (χ4n) is 8.65. The lowest BCUT2D eigenvalue weighted by molar-refractivity contribution is -0.121. The number of unbranched alkanes of at least 4 members (excludes halogenated alkanes) is 32. The standard InChI is InChI=1S/C53H99N3O2/c1-5-9-13-17-21-25-27-31-35-39-44-48(42-37-33-29-23-19-15-11-7-3)52(57)55-50-46-41-47-51(54-50)56-53(58)49(43-38-34-30-24-20-16-12-8-4)45-40-36-32-28-26-22-18-14-10-6-2/h41,46-49H,5-40,42-45H2,1-4H3,(H2,54,55,56,57,58). The molecule has 58 heavy (non-hydrogen) atoms. The highest BCUT2D eigenvalue weighted by molar-refractivity contribution is 5.93. The molecular weight excluding hydrogens is 711 g/mol. The minimum Gasteiger partial charge on any atom is -0.310 e. The topological polar surface area (TPSA) is 71.1 Å². The molecule has 1 aromatic heterocycles. The summed E-state index contributed by atoms with van der Waals surface area (Å²) in [6.45, 7) is 9.11. The van der Waals surface area contributed by atoms with Crippen molar-refractivity contribution in [3.05, 3.63) is 18.2 Å². The van der Waals surface area contributed by atoms with Gasteiger partial charge in [-0.2, -0.15) is 0 Å². The van der Waals surface area contributed by atoms with Crippen molar-refractivity contribution in [1.82, 2.24) is 4.98 Å². The van der Waals surface area contributed by atoms with E-state index >= 15 is 0 Å². The Labute approximate surface area is 362 Å². The Morgan fingerprint density at radius 2 is 0.569 bits per heavy atom. The van der Waals surface area contributed by atoms with E-state index in [1.54, 1.807) is 0 Å². The molecule has 2 N–H and O–H groups in total. The third kappa shape index (κ3) is 32.9. The Balaban J connectivity index is 2.72. The zero-order chi connectivity index (χ0) is 42.0. The number of rotatable bonds is 44. The number of hydrogen-bond acceptors (Lipinski definition) is 3. The maximum atomic E-state index is 13.8. The molecule has 2 atom stereocenters. The van der Waals surface area contributed by atoms with E-state index in [0.29, 0.717) is 11.6 Å². The highest BCUT2D eigenvalue weighted by Gasteiger charge is 2.21. The summed E-state index contributed by atoms with van der Waals surface area (Å²) in [6, 6.07) is 5.68. The van der Waals surface area contributed by atoms with Gasteiger partial charge in [0.1, 0.15) is 11.6 Å². The van der Waals surface area contributed by atoms with Crippen LogP contribution in [0.1, 0.15) is 285 Å². The highest BCUT2D eigenvalue weighted by atomic mass is 16.2. The first-order valence-corrected chi connectivity index (χ1v) is 26.1. The first-order valence-electron chi connectivity index (χ1n) is 26.1. The Hall–Kier alpha value is -1.91. The summed E-state index contributed by atoms with van der Waals surface area (Å²) in [5, 5.41) is 6.37. The fraction of sp³-hybridized carbons (Fsp3) is 0.868. The molecule has 5 nitrogen and oxygen atoms in total. The maximum absolute atomic E-state index is 13.8. The molecule has 0 aliphatic rings. The van der Waals surface area contributed by atoms with Gasteiger partial charge in [-0.05, 0) is 37.8 Å². The monoisotopic (exact) mass is 810 g/mol. The summed E-state index contributed by atoms with van der Waals surface area (Å²) in [5.41, 5.74) is 0. The average molecular weight is 810 g/mol. The number of pyridine rings is 1. The Morgan fingerprint density at radius 3 is 0.793 bits per heavy atom. The second-order valence-corrected chi connectivity index (χ2v) is 18.2. The molecule has 338 valence electrons. The van der Waals surface area contributed by atoms with Gasteiger partial charge < -0.3 is 10.6 Å². The zero-order valence-corrected chi connectivity index (χ0v) is 39.4. The van der Waals surface area contributed by atoms with E-state index in [4.69, 9.17) is 4.98 Å². The van der Waals surface area contributed by atoms with Crippen LogP contribution in [0.25, 0.3) is 0 Å². The van der Waals surface area contributed by atoms with Crippen molar-refractivity contribution in [2.24, 2.45) is 11.8 Å². The normalized spacial score (nSPS) is 12.5. The highest BCUT2D eigenvalue weighted by Crippen LogP contribution is 2.24.